The molecule has 0 aliphatic heterocycles. The molecule has 1 N–H and O–H groups in total. The van der Waals surface area contributed by atoms with Gasteiger partial charge in [-0.1, -0.05) is 0 Å². The fourth-order valence-electron chi connectivity index (χ4n) is 1.97. The lowest BCUT2D eigenvalue weighted by Gasteiger charge is -2.24. The third kappa shape index (κ3) is 3.71. The maximum atomic E-state index is 12.3. The minimum absolute atomic E-state index is 0.232. The second-order valence-corrected chi connectivity index (χ2v) is 5.79. The lowest BCUT2D eigenvalue weighted by atomic mass is 9.89. The standard InChI is InChI=1S/C10H13ClF3N3S/c11-7-3-1-6(2-4-7)5-15-9-16-8(17-18-9)10(12,13)14/h6-7H,1-5H2,(H,15,16,17). The summed E-state index contributed by atoms with van der Waals surface area (Å²) in [6, 6.07) is 0. The van der Waals surface area contributed by atoms with E-state index in [1.165, 1.54) is 0 Å². The Bertz CT molecular complexity index is 388. The molecule has 102 valence electrons. The first-order valence-corrected chi connectivity index (χ1v) is 6.95. The van der Waals surface area contributed by atoms with Crippen LogP contribution < -0.4 is 5.32 Å². The van der Waals surface area contributed by atoms with Crippen LogP contribution in [0.3, 0.4) is 0 Å². The van der Waals surface area contributed by atoms with Crippen molar-refractivity contribution in [2.24, 2.45) is 5.92 Å². The highest BCUT2D eigenvalue weighted by Gasteiger charge is 2.36. The number of nitrogens with one attached hydrogen (secondary N) is 1. The van der Waals surface area contributed by atoms with E-state index < -0.39 is 12.0 Å². The summed E-state index contributed by atoms with van der Waals surface area (Å²) >= 11 is 6.73. The fraction of sp³-hybridized carbons (Fsp3) is 0.800. The average molecular weight is 300 g/mol. The molecular weight excluding hydrogens is 287 g/mol. The molecule has 1 saturated carbocycles. The van der Waals surface area contributed by atoms with Gasteiger partial charge in [-0.05, 0) is 31.6 Å². The van der Waals surface area contributed by atoms with Crippen LogP contribution >= 0.6 is 23.1 Å². The van der Waals surface area contributed by atoms with Crippen LogP contribution in [-0.4, -0.2) is 21.3 Å². The number of hydrogen-bond acceptors (Lipinski definition) is 4. The third-order valence-electron chi connectivity index (χ3n) is 3.00. The van der Waals surface area contributed by atoms with E-state index in [0.29, 0.717) is 12.5 Å². The Balaban J connectivity index is 1.82. The van der Waals surface area contributed by atoms with Crippen molar-refractivity contribution in [2.45, 2.75) is 37.2 Å². The van der Waals surface area contributed by atoms with Crippen LogP contribution in [0.5, 0.6) is 0 Å². The molecule has 0 amide bonds. The van der Waals surface area contributed by atoms with E-state index in [1.54, 1.807) is 0 Å². The van der Waals surface area contributed by atoms with E-state index in [4.69, 9.17) is 11.6 Å². The maximum absolute atomic E-state index is 12.3. The van der Waals surface area contributed by atoms with Crippen LogP contribution in [0.4, 0.5) is 18.3 Å². The van der Waals surface area contributed by atoms with E-state index in [0.717, 1.165) is 37.2 Å². The molecule has 1 fully saturated rings. The first-order valence-electron chi connectivity index (χ1n) is 5.74. The highest BCUT2D eigenvalue weighted by Crippen LogP contribution is 2.30. The largest absolute Gasteiger partial charge is 0.452 e. The molecule has 1 aromatic rings. The normalized spacial score (nSPS) is 25.1. The molecule has 1 aliphatic rings. The topological polar surface area (TPSA) is 37.8 Å². The van der Waals surface area contributed by atoms with Gasteiger partial charge in [0.05, 0.1) is 0 Å². The van der Waals surface area contributed by atoms with Crippen molar-refractivity contribution in [3.8, 4) is 0 Å². The molecule has 0 saturated heterocycles. The summed E-state index contributed by atoms with van der Waals surface area (Å²) in [5.41, 5.74) is 0. The van der Waals surface area contributed by atoms with Crippen molar-refractivity contribution < 1.29 is 13.2 Å². The van der Waals surface area contributed by atoms with Crippen molar-refractivity contribution in [3.63, 3.8) is 0 Å². The Morgan fingerprint density at radius 1 is 1.28 bits per heavy atom. The smallest absolute Gasteiger partial charge is 0.360 e. The quantitative estimate of drug-likeness (QED) is 0.864. The Morgan fingerprint density at radius 3 is 2.50 bits per heavy atom. The molecule has 1 aromatic heterocycles. The Morgan fingerprint density at radius 2 is 1.94 bits per heavy atom. The Kier molecular flexibility index (Phi) is 4.32. The number of anilines is 1. The number of hydrogen-bond donors (Lipinski definition) is 1. The molecular formula is C10H13ClF3N3S. The number of nitrogens with zero attached hydrogens (tertiary/aromatic N) is 2. The molecule has 1 aliphatic carbocycles. The predicted octanol–water partition coefficient (Wildman–Crippen LogP) is 3.77. The van der Waals surface area contributed by atoms with E-state index in [9.17, 15) is 13.2 Å². The van der Waals surface area contributed by atoms with Crippen molar-refractivity contribution in [2.75, 3.05) is 11.9 Å². The number of rotatable bonds is 3. The monoisotopic (exact) mass is 299 g/mol. The minimum atomic E-state index is -4.47. The fourth-order valence-corrected chi connectivity index (χ4v) is 2.81. The highest BCUT2D eigenvalue weighted by molar-refractivity contribution is 7.09. The number of aromatic nitrogens is 2. The Labute approximate surface area is 112 Å². The van der Waals surface area contributed by atoms with Crippen molar-refractivity contribution in [1.29, 1.82) is 0 Å². The summed E-state index contributed by atoms with van der Waals surface area (Å²) in [4.78, 5) is 3.43. The van der Waals surface area contributed by atoms with Gasteiger partial charge in [-0.15, -0.1) is 11.6 Å². The van der Waals surface area contributed by atoms with Crippen molar-refractivity contribution in [3.05, 3.63) is 5.82 Å². The van der Waals surface area contributed by atoms with Crippen LogP contribution in [0.2, 0.25) is 0 Å². The second kappa shape index (κ2) is 5.61. The van der Waals surface area contributed by atoms with E-state index in [1.807, 2.05) is 0 Å². The van der Waals surface area contributed by atoms with E-state index in [2.05, 4.69) is 14.7 Å². The van der Waals surface area contributed by atoms with Gasteiger partial charge in [-0.3, -0.25) is 0 Å². The molecule has 1 heterocycles. The van der Waals surface area contributed by atoms with E-state index >= 15 is 0 Å². The van der Waals surface area contributed by atoms with Gasteiger partial charge in [0.2, 0.25) is 11.0 Å². The van der Waals surface area contributed by atoms with Crippen LogP contribution in [0.25, 0.3) is 0 Å². The second-order valence-electron chi connectivity index (χ2n) is 4.42. The molecule has 8 heteroatoms. The van der Waals surface area contributed by atoms with Crippen LogP contribution in [0, 0.1) is 5.92 Å². The number of halogens is 4. The SMILES string of the molecule is FC(F)(F)c1nsc(NCC2CCC(Cl)CC2)n1. The lowest BCUT2D eigenvalue weighted by molar-refractivity contribution is -0.144. The zero-order valence-electron chi connectivity index (χ0n) is 9.50. The predicted molar refractivity (Wildman–Crippen MR) is 65.0 cm³/mol. The van der Waals surface area contributed by atoms with Gasteiger partial charge < -0.3 is 5.32 Å². The first kappa shape index (κ1) is 13.9. The number of alkyl halides is 4. The summed E-state index contributed by atoms with van der Waals surface area (Å²) in [7, 11) is 0. The maximum Gasteiger partial charge on any atom is 0.452 e. The summed E-state index contributed by atoms with van der Waals surface area (Å²) in [5, 5.41) is 3.40. The molecule has 0 aromatic carbocycles. The van der Waals surface area contributed by atoms with E-state index in [-0.39, 0.29) is 10.5 Å². The van der Waals surface area contributed by atoms with Gasteiger partial charge >= 0.3 is 6.18 Å². The van der Waals surface area contributed by atoms with Crippen molar-refractivity contribution in [1.82, 2.24) is 9.36 Å². The zero-order chi connectivity index (χ0) is 13.2. The van der Waals surface area contributed by atoms with Crippen LogP contribution in [0.1, 0.15) is 31.5 Å². The van der Waals surface area contributed by atoms with Crippen LogP contribution in [-0.2, 0) is 6.18 Å². The molecule has 0 bridgehead atoms. The van der Waals surface area contributed by atoms with Gasteiger partial charge in [0.25, 0.3) is 0 Å². The Hall–Kier alpha value is -0.560. The zero-order valence-corrected chi connectivity index (χ0v) is 11.1. The summed E-state index contributed by atoms with van der Waals surface area (Å²) in [6.45, 7) is 0.635. The summed E-state index contributed by atoms with van der Waals surface area (Å²) < 4.78 is 40.1. The minimum Gasteiger partial charge on any atom is -0.360 e. The van der Waals surface area contributed by atoms with Gasteiger partial charge in [0.1, 0.15) is 0 Å². The summed E-state index contributed by atoms with van der Waals surface area (Å²) in [6.07, 6.45) is -0.513. The van der Waals surface area contributed by atoms with Gasteiger partial charge in [-0.25, -0.2) is 0 Å². The molecule has 0 radical (unpaired) electrons. The highest BCUT2D eigenvalue weighted by atomic mass is 35.5. The van der Waals surface area contributed by atoms with Crippen molar-refractivity contribution >= 4 is 28.3 Å². The van der Waals surface area contributed by atoms with Gasteiger partial charge in [0, 0.05) is 23.5 Å². The average Bonchev–Trinajstić information content (AvgIpc) is 2.77. The lowest BCUT2D eigenvalue weighted by Crippen LogP contribution is -2.21. The summed E-state index contributed by atoms with van der Waals surface area (Å²) in [5.74, 6) is -0.613. The third-order valence-corrected chi connectivity index (χ3v) is 4.11. The molecule has 3 nitrogen and oxygen atoms in total. The van der Waals surface area contributed by atoms with Gasteiger partial charge in [0.15, 0.2) is 0 Å². The van der Waals surface area contributed by atoms with Gasteiger partial charge in [-0.2, -0.15) is 22.5 Å². The first-order chi connectivity index (χ1) is 8.45. The molecule has 18 heavy (non-hydrogen) atoms. The molecule has 2 rings (SSSR count). The molecule has 0 unspecified atom stereocenters. The molecule has 0 atom stereocenters. The molecule has 0 spiro atoms. The van der Waals surface area contributed by atoms with Crippen LogP contribution in [0.15, 0.2) is 0 Å².